The predicted octanol–water partition coefficient (Wildman–Crippen LogP) is 5.42. The summed E-state index contributed by atoms with van der Waals surface area (Å²) in [5, 5.41) is 1.55. The minimum atomic E-state index is -0.974. The number of alkyl halides is 1. The quantitative estimate of drug-likeness (QED) is 0.570. The first kappa shape index (κ1) is 19.0. The fraction of sp³-hybridized carbons (Fsp3) is 0.250. The summed E-state index contributed by atoms with van der Waals surface area (Å²) in [6.07, 6.45) is 0.0176. The third kappa shape index (κ3) is 3.31. The van der Waals surface area contributed by atoms with Crippen molar-refractivity contribution < 1.29 is 18.3 Å². The number of nitrogens with zero attached hydrogens (tertiary/aromatic N) is 1. The zero-order chi connectivity index (χ0) is 19.8. The molecule has 0 bridgehead atoms. The van der Waals surface area contributed by atoms with Gasteiger partial charge in [0.05, 0.1) is 5.88 Å². The van der Waals surface area contributed by atoms with Crippen molar-refractivity contribution in [3.05, 3.63) is 69.9 Å². The number of aromatic amines is 1. The molecular weight excluding hydrogens is 409 g/mol. The van der Waals surface area contributed by atoms with Crippen LogP contribution in [0.1, 0.15) is 22.9 Å². The Labute approximate surface area is 170 Å². The first-order chi connectivity index (χ1) is 13.5. The fourth-order valence-corrected chi connectivity index (χ4v) is 3.94. The highest BCUT2D eigenvalue weighted by atomic mass is 35.5. The van der Waals surface area contributed by atoms with Crippen LogP contribution in [0.25, 0.3) is 10.9 Å². The number of hydrogen-bond donors (Lipinski definition) is 1. The number of H-pyrrole nitrogens is 1. The summed E-state index contributed by atoms with van der Waals surface area (Å²) in [6, 6.07) is 8.47. The van der Waals surface area contributed by atoms with Crippen molar-refractivity contribution in [2.45, 2.75) is 12.5 Å². The molecule has 2 heterocycles. The standard InChI is InChI=1S/C20H16Cl2F2N2O2/c21-6-8-28-20(27)26-7-5-13-14-10-12(22)2-4-17(14)25-18(13)19(26)11-1-3-15(23)16(24)9-11/h1-4,9-10,19,25H,5-8H2. The van der Waals surface area contributed by atoms with E-state index in [0.717, 1.165) is 34.3 Å². The van der Waals surface area contributed by atoms with Crippen LogP contribution in [0.3, 0.4) is 0 Å². The van der Waals surface area contributed by atoms with Crippen molar-refractivity contribution in [1.82, 2.24) is 9.88 Å². The van der Waals surface area contributed by atoms with Gasteiger partial charge in [0.15, 0.2) is 11.6 Å². The van der Waals surface area contributed by atoms with Gasteiger partial charge in [0.25, 0.3) is 0 Å². The molecule has 28 heavy (non-hydrogen) atoms. The summed E-state index contributed by atoms with van der Waals surface area (Å²) in [5.74, 6) is -1.75. The number of halogens is 4. The monoisotopic (exact) mass is 424 g/mol. The van der Waals surface area contributed by atoms with E-state index in [2.05, 4.69) is 4.98 Å². The average molecular weight is 425 g/mol. The molecule has 3 aromatic rings. The van der Waals surface area contributed by atoms with Crippen LogP contribution in [0.2, 0.25) is 5.02 Å². The second-order valence-corrected chi connectivity index (χ2v) is 7.34. The molecule has 146 valence electrons. The van der Waals surface area contributed by atoms with E-state index in [9.17, 15) is 13.6 Å². The van der Waals surface area contributed by atoms with Gasteiger partial charge in [0.2, 0.25) is 0 Å². The van der Waals surface area contributed by atoms with Gasteiger partial charge in [-0.05, 0) is 47.9 Å². The zero-order valence-corrected chi connectivity index (χ0v) is 16.2. The molecule has 2 aromatic carbocycles. The van der Waals surface area contributed by atoms with Crippen LogP contribution in [-0.4, -0.2) is 35.0 Å². The van der Waals surface area contributed by atoms with Crippen LogP contribution in [0.15, 0.2) is 36.4 Å². The summed E-state index contributed by atoms with van der Waals surface area (Å²) in [6.45, 7) is 0.424. The normalized spacial score (nSPS) is 16.3. The lowest BCUT2D eigenvalue weighted by Crippen LogP contribution is -2.41. The molecule has 1 atom stereocenters. The Morgan fingerprint density at radius 3 is 2.79 bits per heavy atom. The minimum Gasteiger partial charge on any atom is -0.448 e. The highest BCUT2D eigenvalue weighted by Gasteiger charge is 2.35. The maximum atomic E-state index is 13.9. The summed E-state index contributed by atoms with van der Waals surface area (Å²) in [4.78, 5) is 17.4. The molecule has 0 fully saturated rings. The van der Waals surface area contributed by atoms with Gasteiger partial charge in [-0.3, -0.25) is 4.90 Å². The molecular formula is C20H16Cl2F2N2O2. The number of nitrogens with one attached hydrogen (secondary N) is 1. The third-order valence-electron chi connectivity index (χ3n) is 4.89. The van der Waals surface area contributed by atoms with Crippen LogP contribution in [-0.2, 0) is 11.2 Å². The highest BCUT2D eigenvalue weighted by molar-refractivity contribution is 6.31. The first-order valence-corrected chi connectivity index (χ1v) is 9.65. The van der Waals surface area contributed by atoms with Gasteiger partial charge in [-0.15, -0.1) is 11.6 Å². The lowest BCUT2D eigenvalue weighted by Gasteiger charge is -2.35. The number of hydrogen-bond acceptors (Lipinski definition) is 2. The molecule has 1 N–H and O–H groups in total. The summed E-state index contributed by atoms with van der Waals surface area (Å²) >= 11 is 11.8. The van der Waals surface area contributed by atoms with Crippen LogP contribution in [0, 0.1) is 11.6 Å². The van der Waals surface area contributed by atoms with E-state index in [-0.39, 0.29) is 12.5 Å². The Morgan fingerprint density at radius 2 is 2.04 bits per heavy atom. The van der Waals surface area contributed by atoms with Crippen molar-refractivity contribution >= 4 is 40.2 Å². The van der Waals surface area contributed by atoms with Crippen LogP contribution >= 0.6 is 23.2 Å². The van der Waals surface area contributed by atoms with E-state index in [4.69, 9.17) is 27.9 Å². The Balaban J connectivity index is 1.86. The first-order valence-electron chi connectivity index (χ1n) is 8.74. The second kappa shape index (κ2) is 7.60. The summed E-state index contributed by atoms with van der Waals surface area (Å²) < 4.78 is 32.6. The number of fused-ring (bicyclic) bond motifs is 3. The van der Waals surface area contributed by atoms with E-state index >= 15 is 0 Å². The van der Waals surface area contributed by atoms with Gasteiger partial charge in [-0.25, -0.2) is 13.6 Å². The van der Waals surface area contributed by atoms with Gasteiger partial charge in [-0.2, -0.15) is 0 Å². The molecule has 1 aromatic heterocycles. The average Bonchev–Trinajstić information content (AvgIpc) is 3.05. The van der Waals surface area contributed by atoms with Gasteiger partial charge in [0, 0.05) is 28.2 Å². The van der Waals surface area contributed by atoms with Crippen LogP contribution in [0.5, 0.6) is 0 Å². The molecule has 1 amide bonds. The largest absolute Gasteiger partial charge is 0.448 e. The number of rotatable bonds is 3. The number of aromatic nitrogens is 1. The van der Waals surface area contributed by atoms with Crippen molar-refractivity contribution in [2.24, 2.45) is 0 Å². The van der Waals surface area contributed by atoms with Gasteiger partial charge in [-0.1, -0.05) is 17.7 Å². The van der Waals surface area contributed by atoms with Gasteiger partial charge in [0.1, 0.15) is 12.6 Å². The van der Waals surface area contributed by atoms with Crippen molar-refractivity contribution in [3.8, 4) is 0 Å². The molecule has 0 saturated heterocycles. The molecule has 0 spiro atoms. The zero-order valence-electron chi connectivity index (χ0n) is 14.6. The maximum absolute atomic E-state index is 13.9. The predicted molar refractivity (Wildman–Crippen MR) is 104 cm³/mol. The molecule has 1 aliphatic rings. The number of amides is 1. The number of ether oxygens (including phenoxy) is 1. The molecule has 1 unspecified atom stereocenters. The number of carbonyl (C=O) groups is 1. The fourth-order valence-electron chi connectivity index (χ4n) is 3.70. The number of carbonyl (C=O) groups excluding carboxylic acids is 1. The number of benzene rings is 2. The smallest absolute Gasteiger partial charge is 0.410 e. The Bertz CT molecular complexity index is 1050. The lowest BCUT2D eigenvalue weighted by atomic mass is 9.92. The minimum absolute atomic E-state index is 0.0660. The maximum Gasteiger partial charge on any atom is 0.410 e. The van der Waals surface area contributed by atoms with Gasteiger partial charge >= 0.3 is 6.09 Å². The van der Waals surface area contributed by atoms with E-state index < -0.39 is 23.8 Å². The van der Waals surface area contributed by atoms with Gasteiger partial charge < -0.3 is 9.72 Å². The lowest BCUT2D eigenvalue weighted by molar-refractivity contribution is 0.0937. The molecule has 0 radical (unpaired) electrons. The molecule has 4 nitrogen and oxygen atoms in total. The Kier molecular flexibility index (Phi) is 5.17. The van der Waals surface area contributed by atoms with Crippen LogP contribution in [0.4, 0.5) is 13.6 Å². The van der Waals surface area contributed by atoms with Crippen molar-refractivity contribution in [2.75, 3.05) is 19.0 Å². The SMILES string of the molecule is O=C(OCCCl)N1CCc2c([nH]c3ccc(Cl)cc23)C1c1ccc(F)c(F)c1. The van der Waals surface area contributed by atoms with E-state index in [0.29, 0.717) is 23.6 Å². The Morgan fingerprint density at radius 1 is 1.21 bits per heavy atom. The molecule has 1 aliphatic heterocycles. The van der Waals surface area contributed by atoms with Crippen LogP contribution < -0.4 is 0 Å². The molecule has 0 saturated carbocycles. The second-order valence-electron chi connectivity index (χ2n) is 6.53. The third-order valence-corrected chi connectivity index (χ3v) is 5.28. The van der Waals surface area contributed by atoms with E-state index in [1.54, 1.807) is 6.07 Å². The van der Waals surface area contributed by atoms with E-state index in [1.807, 2.05) is 12.1 Å². The highest BCUT2D eigenvalue weighted by Crippen LogP contribution is 2.39. The molecule has 0 aliphatic carbocycles. The summed E-state index contributed by atoms with van der Waals surface area (Å²) in [5.41, 5.74) is 3.03. The van der Waals surface area contributed by atoms with Crippen molar-refractivity contribution in [3.63, 3.8) is 0 Å². The molecule has 8 heteroatoms. The molecule has 4 rings (SSSR count). The topological polar surface area (TPSA) is 45.3 Å². The van der Waals surface area contributed by atoms with E-state index in [1.165, 1.54) is 11.0 Å². The summed E-state index contributed by atoms with van der Waals surface area (Å²) in [7, 11) is 0. The Hall–Kier alpha value is -2.31. The van der Waals surface area contributed by atoms with Crippen molar-refractivity contribution in [1.29, 1.82) is 0 Å².